The van der Waals surface area contributed by atoms with Gasteiger partial charge >= 0.3 is 0 Å². The summed E-state index contributed by atoms with van der Waals surface area (Å²) in [6.45, 7) is 2.84. The van der Waals surface area contributed by atoms with Gasteiger partial charge in [-0.25, -0.2) is 0 Å². The van der Waals surface area contributed by atoms with E-state index >= 15 is 0 Å². The number of primary amides is 1. The summed E-state index contributed by atoms with van der Waals surface area (Å²) in [5.74, 6) is -0.563. The van der Waals surface area contributed by atoms with Crippen LogP contribution in [0.2, 0.25) is 0 Å². The number of carbonyl (C=O) groups is 2. The van der Waals surface area contributed by atoms with Crippen LogP contribution in [0.3, 0.4) is 0 Å². The van der Waals surface area contributed by atoms with Crippen LogP contribution in [-0.4, -0.2) is 34.6 Å². The van der Waals surface area contributed by atoms with Crippen molar-refractivity contribution in [2.24, 2.45) is 5.73 Å². The molecule has 146 valence electrons. The number of amides is 2. The van der Waals surface area contributed by atoms with Crippen molar-refractivity contribution in [1.82, 2.24) is 10.2 Å². The van der Waals surface area contributed by atoms with E-state index in [1.807, 2.05) is 36.4 Å². The number of hydrogen-bond acceptors (Lipinski definition) is 5. The van der Waals surface area contributed by atoms with E-state index in [9.17, 15) is 9.59 Å². The molecule has 0 radical (unpaired) electrons. The summed E-state index contributed by atoms with van der Waals surface area (Å²) in [7, 11) is 0. The van der Waals surface area contributed by atoms with Gasteiger partial charge in [0.05, 0.1) is 17.6 Å². The first-order valence-corrected chi connectivity index (χ1v) is 9.85. The van der Waals surface area contributed by atoms with Crippen molar-refractivity contribution in [2.45, 2.75) is 32.2 Å². The summed E-state index contributed by atoms with van der Waals surface area (Å²) in [6, 6.07) is 12.2. The molecule has 3 N–H and O–H groups in total. The summed E-state index contributed by atoms with van der Waals surface area (Å²) >= 11 is 0. The number of nitrogens with one attached hydrogen (secondary N) is 1. The monoisotopic (exact) mass is 387 g/mol. The van der Waals surface area contributed by atoms with Gasteiger partial charge in [0.1, 0.15) is 0 Å². The Morgan fingerprint density at radius 3 is 2.79 bits per heavy atom. The van der Waals surface area contributed by atoms with Crippen molar-refractivity contribution in [2.75, 3.05) is 16.8 Å². The van der Waals surface area contributed by atoms with Crippen LogP contribution in [0.4, 0.5) is 11.4 Å². The molecule has 1 fully saturated rings. The van der Waals surface area contributed by atoms with Gasteiger partial charge in [0, 0.05) is 23.7 Å². The van der Waals surface area contributed by atoms with E-state index < -0.39 is 5.91 Å². The lowest BCUT2D eigenvalue weighted by Crippen LogP contribution is -2.29. The van der Waals surface area contributed by atoms with Crippen LogP contribution in [-0.2, 0) is 11.2 Å². The Hall–Kier alpha value is -3.48. The molecule has 0 bridgehead atoms. The predicted octanol–water partition coefficient (Wildman–Crippen LogP) is 2.88. The Kier molecular flexibility index (Phi) is 3.97. The number of nitrogens with zero attached hydrogens (tertiary/aromatic N) is 3. The Labute approximate surface area is 167 Å². The van der Waals surface area contributed by atoms with Crippen molar-refractivity contribution in [3.05, 3.63) is 47.7 Å². The zero-order valence-electron chi connectivity index (χ0n) is 16.1. The molecule has 0 saturated heterocycles. The molecular weight excluding hydrogens is 366 g/mol. The summed E-state index contributed by atoms with van der Waals surface area (Å²) in [6.07, 6.45) is 2.57. The third-order valence-corrected chi connectivity index (χ3v) is 5.68. The number of hydrogen-bond donors (Lipinski definition) is 2. The minimum absolute atomic E-state index is 0.00411. The number of benzene rings is 2. The zero-order valence-corrected chi connectivity index (χ0v) is 16.1. The molecule has 2 heterocycles. The van der Waals surface area contributed by atoms with Gasteiger partial charge in [-0.1, -0.05) is 18.2 Å². The highest BCUT2D eigenvalue weighted by molar-refractivity contribution is 6.06. The minimum atomic E-state index is -0.567. The molecule has 5 rings (SSSR count). The van der Waals surface area contributed by atoms with E-state index in [-0.39, 0.29) is 11.6 Å². The van der Waals surface area contributed by atoms with E-state index in [1.165, 1.54) is 0 Å². The van der Waals surface area contributed by atoms with Gasteiger partial charge in [-0.3, -0.25) is 9.59 Å². The first-order chi connectivity index (χ1) is 14.1. The van der Waals surface area contributed by atoms with Crippen molar-refractivity contribution in [1.29, 1.82) is 0 Å². The summed E-state index contributed by atoms with van der Waals surface area (Å²) in [5, 5.41) is 12.2. The number of nitrogens with two attached hydrogens (primary N) is 1. The summed E-state index contributed by atoms with van der Waals surface area (Å²) in [4.78, 5) is 26.1. The first-order valence-electron chi connectivity index (χ1n) is 9.85. The molecule has 2 aliphatic rings. The first kappa shape index (κ1) is 17.6. The topological polar surface area (TPSA) is 101 Å². The van der Waals surface area contributed by atoms with Crippen molar-refractivity contribution >= 4 is 34.1 Å². The van der Waals surface area contributed by atoms with E-state index in [0.717, 1.165) is 52.8 Å². The number of rotatable bonds is 5. The molecule has 2 aromatic carbocycles. The average molecular weight is 387 g/mol. The Bertz CT molecular complexity index is 1170. The van der Waals surface area contributed by atoms with Crippen molar-refractivity contribution in [3.8, 4) is 11.1 Å². The molecule has 0 atom stereocenters. The summed E-state index contributed by atoms with van der Waals surface area (Å²) < 4.78 is 0. The van der Waals surface area contributed by atoms with Gasteiger partial charge < -0.3 is 16.0 Å². The SMILES string of the molecule is CCN(c1c(C(N)=O)nnc2cc(-c3cccc4c3CC(=O)N4)ccc12)C1CC1. The molecule has 29 heavy (non-hydrogen) atoms. The maximum absolute atomic E-state index is 12.0. The molecule has 0 spiro atoms. The standard InChI is InChI=1S/C22H21N5O2/c1-2-27(13-7-8-13)21-15-9-6-12(10-18(15)25-26-20(21)22(23)29)14-4-3-5-17-16(14)11-19(28)24-17/h3-6,9-10,13H,2,7-8,11H2,1H3,(H2,23,29)(H,24,28). The highest BCUT2D eigenvalue weighted by atomic mass is 16.2. The molecule has 1 aromatic heterocycles. The number of carbonyl (C=O) groups excluding carboxylic acids is 2. The molecular formula is C22H21N5O2. The van der Waals surface area contributed by atoms with Crippen molar-refractivity contribution in [3.63, 3.8) is 0 Å². The Morgan fingerprint density at radius 2 is 2.07 bits per heavy atom. The van der Waals surface area contributed by atoms with Crippen LogP contribution in [0.15, 0.2) is 36.4 Å². The molecule has 7 heteroatoms. The van der Waals surface area contributed by atoms with Crippen molar-refractivity contribution < 1.29 is 9.59 Å². The molecule has 2 amide bonds. The maximum Gasteiger partial charge on any atom is 0.271 e. The fourth-order valence-electron chi connectivity index (χ4n) is 4.22. The molecule has 3 aromatic rings. The molecule has 1 saturated carbocycles. The Balaban J connectivity index is 1.68. The van der Waals surface area contributed by atoms with E-state index in [0.29, 0.717) is 18.0 Å². The van der Waals surface area contributed by atoms with Gasteiger partial charge in [-0.15, -0.1) is 10.2 Å². The second kappa shape index (κ2) is 6.55. The lowest BCUT2D eigenvalue weighted by molar-refractivity contribution is -0.115. The van der Waals surface area contributed by atoms with E-state index in [1.54, 1.807) is 0 Å². The summed E-state index contributed by atoms with van der Waals surface area (Å²) in [5.41, 5.74) is 11.1. The molecule has 7 nitrogen and oxygen atoms in total. The number of aromatic nitrogens is 2. The van der Waals surface area contributed by atoms with Gasteiger partial charge in [-0.2, -0.15) is 0 Å². The van der Waals surface area contributed by atoms with Crippen LogP contribution in [0.5, 0.6) is 0 Å². The fraction of sp³-hybridized carbons (Fsp3) is 0.273. The largest absolute Gasteiger partial charge is 0.366 e. The number of anilines is 2. The van der Waals surface area contributed by atoms with Gasteiger partial charge in [0.2, 0.25) is 5.91 Å². The molecule has 1 aliphatic carbocycles. The molecule has 1 aliphatic heterocycles. The van der Waals surface area contributed by atoms with E-state index in [2.05, 4.69) is 27.3 Å². The third kappa shape index (κ3) is 2.90. The van der Waals surface area contributed by atoms with Crippen LogP contribution in [0.25, 0.3) is 22.0 Å². The van der Waals surface area contributed by atoms with Gasteiger partial charge in [0.15, 0.2) is 5.69 Å². The third-order valence-electron chi connectivity index (χ3n) is 5.68. The maximum atomic E-state index is 12.0. The smallest absolute Gasteiger partial charge is 0.271 e. The second-order valence-corrected chi connectivity index (χ2v) is 7.57. The number of fused-ring (bicyclic) bond motifs is 2. The minimum Gasteiger partial charge on any atom is -0.366 e. The highest BCUT2D eigenvalue weighted by Gasteiger charge is 2.32. The second-order valence-electron chi connectivity index (χ2n) is 7.57. The van der Waals surface area contributed by atoms with E-state index in [4.69, 9.17) is 5.73 Å². The van der Waals surface area contributed by atoms with Gasteiger partial charge in [-0.05, 0) is 54.7 Å². The van der Waals surface area contributed by atoms with Crippen LogP contribution < -0.4 is 16.0 Å². The highest BCUT2D eigenvalue weighted by Crippen LogP contribution is 2.39. The average Bonchev–Trinajstić information content (AvgIpc) is 3.47. The quantitative estimate of drug-likeness (QED) is 0.701. The fourth-order valence-corrected chi connectivity index (χ4v) is 4.22. The van der Waals surface area contributed by atoms with Crippen LogP contribution in [0.1, 0.15) is 35.8 Å². The lowest BCUT2D eigenvalue weighted by atomic mass is 9.96. The predicted molar refractivity (Wildman–Crippen MR) is 112 cm³/mol. The van der Waals surface area contributed by atoms with Crippen LogP contribution in [0, 0.1) is 0 Å². The van der Waals surface area contributed by atoms with Crippen LogP contribution >= 0.6 is 0 Å². The molecule has 0 unspecified atom stereocenters. The van der Waals surface area contributed by atoms with Gasteiger partial charge in [0.25, 0.3) is 5.91 Å². The lowest BCUT2D eigenvalue weighted by Gasteiger charge is -2.25. The normalized spacial score (nSPS) is 15.3. The Morgan fingerprint density at radius 1 is 1.24 bits per heavy atom. The zero-order chi connectivity index (χ0) is 20.1.